The van der Waals surface area contributed by atoms with Gasteiger partial charge in [0.1, 0.15) is 0 Å². The van der Waals surface area contributed by atoms with Crippen LogP contribution in [0.3, 0.4) is 0 Å². The molecular formula is C17H28N4O3S. The molecule has 1 saturated heterocycles. The van der Waals surface area contributed by atoms with Crippen LogP contribution in [0.1, 0.15) is 13.8 Å². The Morgan fingerprint density at radius 2 is 1.80 bits per heavy atom. The molecule has 1 amide bonds. The minimum atomic E-state index is -3.53. The van der Waals surface area contributed by atoms with Crippen molar-refractivity contribution in [2.24, 2.45) is 0 Å². The van der Waals surface area contributed by atoms with E-state index in [9.17, 15) is 13.2 Å². The van der Waals surface area contributed by atoms with Gasteiger partial charge in [-0.3, -0.25) is 9.69 Å². The molecule has 0 aromatic heterocycles. The first-order valence-electron chi connectivity index (χ1n) is 8.67. The van der Waals surface area contributed by atoms with Gasteiger partial charge in [-0.05, 0) is 25.2 Å². The highest BCUT2D eigenvalue weighted by molar-refractivity contribution is 7.89. The predicted octanol–water partition coefficient (Wildman–Crippen LogP) is 0.903. The van der Waals surface area contributed by atoms with Crippen molar-refractivity contribution in [3.8, 4) is 0 Å². The molecule has 0 atom stereocenters. The molecule has 7 nitrogen and oxygen atoms in total. The van der Waals surface area contributed by atoms with Crippen LogP contribution in [-0.2, 0) is 14.8 Å². The number of sulfonamides is 1. The quantitative estimate of drug-likeness (QED) is 0.774. The van der Waals surface area contributed by atoms with E-state index in [4.69, 9.17) is 0 Å². The summed E-state index contributed by atoms with van der Waals surface area (Å²) in [5, 5.41) is 2.81. The van der Waals surface area contributed by atoms with Crippen LogP contribution in [0.2, 0.25) is 0 Å². The lowest BCUT2D eigenvalue weighted by Gasteiger charge is -2.31. The molecule has 1 fully saturated rings. The second kappa shape index (κ2) is 8.75. The van der Waals surface area contributed by atoms with Crippen molar-refractivity contribution in [2.45, 2.75) is 18.7 Å². The van der Waals surface area contributed by atoms with Gasteiger partial charge < -0.3 is 10.2 Å². The standard InChI is InChI=1S/C17H28N4O3S/c1-4-21(5-2)25(23,24)16-8-6-7-15(13-16)18-17(22)14-20-11-9-19(3)10-12-20/h6-8,13H,4-5,9-12,14H2,1-3H3,(H,18,22). The third-order valence-electron chi connectivity index (χ3n) is 4.42. The third-order valence-corrected chi connectivity index (χ3v) is 6.47. The highest BCUT2D eigenvalue weighted by atomic mass is 32.2. The van der Waals surface area contributed by atoms with Gasteiger partial charge in [-0.2, -0.15) is 4.31 Å². The van der Waals surface area contributed by atoms with Crippen molar-refractivity contribution in [1.29, 1.82) is 0 Å². The summed E-state index contributed by atoms with van der Waals surface area (Å²) in [7, 11) is -1.46. The monoisotopic (exact) mass is 368 g/mol. The Hall–Kier alpha value is -1.48. The fourth-order valence-electron chi connectivity index (χ4n) is 2.86. The molecule has 1 heterocycles. The summed E-state index contributed by atoms with van der Waals surface area (Å²) < 4.78 is 26.6. The molecule has 25 heavy (non-hydrogen) atoms. The zero-order valence-corrected chi connectivity index (χ0v) is 16.1. The first-order valence-corrected chi connectivity index (χ1v) is 10.1. The maximum atomic E-state index is 12.6. The zero-order chi connectivity index (χ0) is 18.4. The van der Waals surface area contributed by atoms with E-state index in [-0.39, 0.29) is 10.8 Å². The molecule has 1 N–H and O–H groups in total. The average Bonchev–Trinajstić information content (AvgIpc) is 2.58. The lowest BCUT2D eigenvalue weighted by Crippen LogP contribution is -2.47. The number of amides is 1. The SMILES string of the molecule is CCN(CC)S(=O)(=O)c1cccc(NC(=O)CN2CCN(C)CC2)c1. The number of hydrogen-bond donors (Lipinski definition) is 1. The highest BCUT2D eigenvalue weighted by Gasteiger charge is 2.22. The van der Waals surface area contributed by atoms with Crippen molar-refractivity contribution < 1.29 is 13.2 Å². The van der Waals surface area contributed by atoms with Crippen LogP contribution in [0, 0.1) is 0 Å². The van der Waals surface area contributed by atoms with Crippen molar-refractivity contribution in [1.82, 2.24) is 14.1 Å². The Labute approximate surface area is 150 Å². The van der Waals surface area contributed by atoms with Gasteiger partial charge in [-0.25, -0.2) is 8.42 Å². The van der Waals surface area contributed by atoms with E-state index in [2.05, 4.69) is 22.2 Å². The van der Waals surface area contributed by atoms with Crippen LogP contribution in [0.25, 0.3) is 0 Å². The summed E-state index contributed by atoms with van der Waals surface area (Å²) in [6.07, 6.45) is 0. The highest BCUT2D eigenvalue weighted by Crippen LogP contribution is 2.19. The van der Waals surface area contributed by atoms with Gasteiger partial charge in [0.2, 0.25) is 15.9 Å². The Bertz CT molecular complexity index is 681. The Morgan fingerprint density at radius 3 is 2.40 bits per heavy atom. The fraction of sp³-hybridized carbons (Fsp3) is 0.588. The van der Waals surface area contributed by atoms with E-state index in [0.717, 1.165) is 26.2 Å². The molecule has 0 radical (unpaired) electrons. The largest absolute Gasteiger partial charge is 0.325 e. The number of likely N-dealkylation sites (N-methyl/N-ethyl adjacent to an activating group) is 1. The first kappa shape index (κ1) is 19.8. The molecule has 1 aromatic rings. The Kier molecular flexibility index (Phi) is 6.95. The van der Waals surface area contributed by atoms with Crippen LogP contribution in [0.4, 0.5) is 5.69 Å². The van der Waals surface area contributed by atoms with Crippen LogP contribution >= 0.6 is 0 Å². The number of rotatable bonds is 7. The van der Waals surface area contributed by atoms with E-state index in [0.29, 0.717) is 25.3 Å². The Morgan fingerprint density at radius 1 is 1.16 bits per heavy atom. The fourth-order valence-corrected chi connectivity index (χ4v) is 4.36. The summed E-state index contributed by atoms with van der Waals surface area (Å²) in [5.74, 6) is -0.123. The van der Waals surface area contributed by atoms with Crippen molar-refractivity contribution in [3.63, 3.8) is 0 Å². The molecule has 0 spiro atoms. The number of carbonyl (C=O) groups is 1. The van der Waals surface area contributed by atoms with E-state index in [1.54, 1.807) is 18.2 Å². The topological polar surface area (TPSA) is 73.0 Å². The lowest BCUT2D eigenvalue weighted by molar-refractivity contribution is -0.117. The van der Waals surface area contributed by atoms with Gasteiger partial charge in [0, 0.05) is 45.0 Å². The average molecular weight is 369 g/mol. The van der Waals surface area contributed by atoms with Gasteiger partial charge >= 0.3 is 0 Å². The molecular weight excluding hydrogens is 340 g/mol. The van der Waals surface area contributed by atoms with Crippen molar-refractivity contribution in [2.75, 3.05) is 58.2 Å². The minimum Gasteiger partial charge on any atom is -0.325 e. The molecule has 1 aromatic carbocycles. The third kappa shape index (κ3) is 5.24. The summed E-state index contributed by atoms with van der Waals surface area (Å²) in [6.45, 7) is 8.39. The number of hydrogen-bond acceptors (Lipinski definition) is 5. The zero-order valence-electron chi connectivity index (χ0n) is 15.2. The van der Waals surface area contributed by atoms with Gasteiger partial charge in [0.05, 0.1) is 11.4 Å². The minimum absolute atomic E-state index is 0.123. The van der Waals surface area contributed by atoms with Gasteiger partial charge in [-0.1, -0.05) is 19.9 Å². The summed E-state index contributed by atoms with van der Waals surface area (Å²) in [5.41, 5.74) is 0.507. The van der Waals surface area contributed by atoms with Crippen molar-refractivity contribution >= 4 is 21.6 Å². The molecule has 140 valence electrons. The molecule has 8 heteroatoms. The predicted molar refractivity (Wildman–Crippen MR) is 99.1 cm³/mol. The maximum Gasteiger partial charge on any atom is 0.243 e. The normalized spacial score (nSPS) is 17.0. The summed E-state index contributed by atoms with van der Waals surface area (Å²) in [4.78, 5) is 16.8. The van der Waals surface area contributed by atoms with Crippen molar-refractivity contribution in [3.05, 3.63) is 24.3 Å². The smallest absolute Gasteiger partial charge is 0.243 e. The molecule has 0 unspecified atom stereocenters. The molecule has 0 saturated carbocycles. The van der Waals surface area contributed by atoms with E-state index >= 15 is 0 Å². The van der Waals surface area contributed by atoms with Gasteiger partial charge in [0.15, 0.2) is 0 Å². The molecule has 2 rings (SSSR count). The summed E-state index contributed by atoms with van der Waals surface area (Å²) >= 11 is 0. The van der Waals surface area contributed by atoms with Gasteiger partial charge in [0.25, 0.3) is 0 Å². The molecule has 1 aliphatic rings. The van der Waals surface area contributed by atoms with E-state index in [1.165, 1.54) is 10.4 Å². The molecule has 0 bridgehead atoms. The van der Waals surface area contributed by atoms with Crippen LogP contribution < -0.4 is 5.32 Å². The van der Waals surface area contributed by atoms with E-state index < -0.39 is 10.0 Å². The number of anilines is 1. The lowest BCUT2D eigenvalue weighted by atomic mass is 10.3. The van der Waals surface area contributed by atoms with Crippen LogP contribution in [0.15, 0.2) is 29.2 Å². The second-order valence-electron chi connectivity index (χ2n) is 6.24. The van der Waals surface area contributed by atoms with Crippen LogP contribution in [0.5, 0.6) is 0 Å². The molecule has 1 aliphatic heterocycles. The van der Waals surface area contributed by atoms with Gasteiger partial charge in [-0.15, -0.1) is 0 Å². The number of nitrogens with one attached hydrogen (secondary N) is 1. The number of nitrogens with zero attached hydrogens (tertiary/aromatic N) is 3. The second-order valence-corrected chi connectivity index (χ2v) is 8.18. The number of carbonyl (C=O) groups excluding carboxylic acids is 1. The van der Waals surface area contributed by atoms with Crippen LogP contribution in [-0.4, -0.2) is 81.3 Å². The maximum absolute atomic E-state index is 12.6. The first-order chi connectivity index (χ1) is 11.9. The number of benzene rings is 1. The number of piperazine rings is 1. The Balaban J connectivity index is 2.02. The van der Waals surface area contributed by atoms with E-state index in [1.807, 2.05) is 13.8 Å². The summed E-state index contributed by atoms with van der Waals surface area (Å²) in [6, 6.07) is 6.45. The molecule has 0 aliphatic carbocycles.